The second-order valence-electron chi connectivity index (χ2n) is 6.79. The molecular formula is C20H18N8. The third-order valence-electron chi connectivity index (χ3n) is 4.78. The maximum atomic E-state index is 4.66. The van der Waals surface area contributed by atoms with E-state index >= 15 is 0 Å². The van der Waals surface area contributed by atoms with Crippen LogP contribution in [0.25, 0.3) is 28.4 Å². The lowest BCUT2D eigenvalue weighted by molar-refractivity contribution is 0.812. The molecule has 28 heavy (non-hydrogen) atoms. The molecule has 5 aromatic rings. The topological polar surface area (TPSA) is 90.1 Å². The van der Waals surface area contributed by atoms with Gasteiger partial charge in [-0.2, -0.15) is 5.21 Å². The Morgan fingerprint density at radius 2 is 1.93 bits per heavy atom. The standard InChI is InChI=1S/C20H18N8/c1-13-10-14(2)22-20-18(13)21-12-27(20)11-15-5-7-16(8-6-15)28-9-3-4-17(28)19-23-25-26-24-19/h3-10,12H,11H2,1-2H3,(H,23,24,25,26). The number of nitrogens with one attached hydrogen (secondary N) is 1. The molecule has 4 heterocycles. The van der Waals surface area contributed by atoms with E-state index < -0.39 is 0 Å². The summed E-state index contributed by atoms with van der Waals surface area (Å²) >= 11 is 0. The number of hydrogen-bond acceptors (Lipinski definition) is 5. The summed E-state index contributed by atoms with van der Waals surface area (Å²) in [6.45, 7) is 4.80. The van der Waals surface area contributed by atoms with E-state index in [1.165, 1.54) is 5.56 Å². The molecule has 0 radical (unpaired) electrons. The average Bonchev–Trinajstić information content (AvgIpc) is 3.43. The van der Waals surface area contributed by atoms with Gasteiger partial charge in [-0.25, -0.2) is 9.97 Å². The van der Waals surface area contributed by atoms with E-state index in [1.807, 2.05) is 36.1 Å². The first-order chi connectivity index (χ1) is 13.7. The lowest BCUT2D eigenvalue weighted by atomic mass is 10.2. The molecule has 138 valence electrons. The van der Waals surface area contributed by atoms with Gasteiger partial charge in [0, 0.05) is 17.6 Å². The van der Waals surface area contributed by atoms with Gasteiger partial charge in [0.15, 0.2) is 5.65 Å². The quantitative estimate of drug-likeness (QED) is 0.525. The van der Waals surface area contributed by atoms with Crippen molar-refractivity contribution in [2.75, 3.05) is 0 Å². The van der Waals surface area contributed by atoms with Crippen molar-refractivity contribution < 1.29 is 0 Å². The predicted octanol–water partition coefficient (Wildman–Crippen LogP) is 3.07. The van der Waals surface area contributed by atoms with Gasteiger partial charge in [-0.15, -0.1) is 10.2 Å². The molecule has 0 saturated heterocycles. The third-order valence-corrected chi connectivity index (χ3v) is 4.78. The number of imidazole rings is 1. The highest BCUT2D eigenvalue weighted by Crippen LogP contribution is 2.21. The van der Waals surface area contributed by atoms with E-state index in [0.717, 1.165) is 40.3 Å². The Hall–Kier alpha value is -3.81. The van der Waals surface area contributed by atoms with E-state index in [1.54, 1.807) is 0 Å². The number of pyridine rings is 1. The van der Waals surface area contributed by atoms with Crippen molar-refractivity contribution in [2.24, 2.45) is 0 Å². The average molecular weight is 370 g/mol. The van der Waals surface area contributed by atoms with Crippen LogP contribution in [0.3, 0.4) is 0 Å². The molecule has 8 nitrogen and oxygen atoms in total. The lowest BCUT2D eigenvalue weighted by Gasteiger charge is -2.09. The molecule has 0 amide bonds. The first kappa shape index (κ1) is 16.4. The minimum atomic E-state index is 0.566. The second kappa shape index (κ2) is 6.41. The van der Waals surface area contributed by atoms with Crippen LogP contribution < -0.4 is 0 Å². The van der Waals surface area contributed by atoms with Gasteiger partial charge in [-0.1, -0.05) is 12.1 Å². The normalized spacial score (nSPS) is 11.4. The van der Waals surface area contributed by atoms with Gasteiger partial charge in [0.1, 0.15) is 5.52 Å². The molecule has 0 saturated carbocycles. The second-order valence-corrected chi connectivity index (χ2v) is 6.79. The Morgan fingerprint density at radius 3 is 2.71 bits per heavy atom. The summed E-state index contributed by atoms with van der Waals surface area (Å²) in [7, 11) is 0. The van der Waals surface area contributed by atoms with Crippen molar-refractivity contribution >= 4 is 11.2 Å². The van der Waals surface area contributed by atoms with Crippen molar-refractivity contribution in [1.82, 2.24) is 39.7 Å². The Morgan fingerprint density at radius 1 is 1.07 bits per heavy atom. The van der Waals surface area contributed by atoms with Gasteiger partial charge in [0.2, 0.25) is 5.82 Å². The molecule has 8 heteroatoms. The number of nitrogens with zero attached hydrogens (tertiary/aromatic N) is 7. The maximum absolute atomic E-state index is 4.66. The van der Waals surface area contributed by atoms with Crippen molar-refractivity contribution in [3.8, 4) is 17.2 Å². The van der Waals surface area contributed by atoms with Crippen LogP contribution in [0.4, 0.5) is 0 Å². The number of benzene rings is 1. The van der Waals surface area contributed by atoms with Gasteiger partial charge in [-0.3, -0.25) is 0 Å². The minimum absolute atomic E-state index is 0.566. The Balaban J connectivity index is 1.45. The van der Waals surface area contributed by atoms with Gasteiger partial charge >= 0.3 is 0 Å². The molecule has 0 fully saturated rings. The number of fused-ring (bicyclic) bond motifs is 1. The molecule has 0 bridgehead atoms. The summed E-state index contributed by atoms with van der Waals surface area (Å²) in [5, 5.41) is 14.3. The fraction of sp³-hybridized carbons (Fsp3) is 0.150. The fourth-order valence-electron chi connectivity index (χ4n) is 3.49. The summed E-state index contributed by atoms with van der Waals surface area (Å²) in [5.74, 6) is 0.566. The maximum Gasteiger partial charge on any atom is 0.221 e. The van der Waals surface area contributed by atoms with E-state index in [9.17, 15) is 0 Å². The molecule has 1 N–H and O–H groups in total. The molecule has 5 rings (SSSR count). The number of aromatic nitrogens is 8. The van der Waals surface area contributed by atoms with Crippen LogP contribution >= 0.6 is 0 Å². The van der Waals surface area contributed by atoms with Crippen molar-refractivity contribution in [3.05, 3.63) is 71.8 Å². The first-order valence-electron chi connectivity index (χ1n) is 8.98. The highest BCUT2D eigenvalue weighted by atomic mass is 15.5. The van der Waals surface area contributed by atoms with Gasteiger partial charge < -0.3 is 9.13 Å². The zero-order valence-electron chi connectivity index (χ0n) is 15.5. The molecule has 0 aliphatic rings. The molecular weight excluding hydrogens is 352 g/mol. The van der Waals surface area contributed by atoms with Gasteiger partial charge in [-0.05, 0) is 60.5 Å². The Kier molecular flexibility index (Phi) is 3.75. The zero-order chi connectivity index (χ0) is 19.1. The Labute approximate surface area is 160 Å². The number of H-pyrrole nitrogens is 1. The molecule has 0 spiro atoms. The smallest absolute Gasteiger partial charge is 0.221 e. The third kappa shape index (κ3) is 2.75. The van der Waals surface area contributed by atoms with Crippen molar-refractivity contribution in [3.63, 3.8) is 0 Å². The first-order valence-corrected chi connectivity index (χ1v) is 8.98. The number of rotatable bonds is 4. The number of tetrazole rings is 1. The predicted molar refractivity (Wildman–Crippen MR) is 105 cm³/mol. The summed E-state index contributed by atoms with van der Waals surface area (Å²) < 4.78 is 4.13. The molecule has 0 unspecified atom stereocenters. The van der Waals surface area contributed by atoms with Crippen LogP contribution in [-0.2, 0) is 6.54 Å². The highest BCUT2D eigenvalue weighted by molar-refractivity contribution is 5.75. The largest absolute Gasteiger partial charge is 0.314 e. The molecule has 0 aliphatic carbocycles. The van der Waals surface area contributed by atoms with Crippen LogP contribution in [0.5, 0.6) is 0 Å². The monoisotopic (exact) mass is 370 g/mol. The summed E-state index contributed by atoms with van der Waals surface area (Å²) in [6, 6.07) is 14.4. The van der Waals surface area contributed by atoms with Crippen LogP contribution in [0, 0.1) is 13.8 Å². The van der Waals surface area contributed by atoms with Crippen molar-refractivity contribution in [2.45, 2.75) is 20.4 Å². The zero-order valence-corrected chi connectivity index (χ0v) is 15.5. The van der Waals surface area contributed by atoms with E-state index in [2.05, 4.69) is 72.4 Å². The van der Waals surface area contributed by atoms with Crippen LogP contribution in [0.15, 0.2) is 55.0 Å². The van der Waals surface area contributed by atoms with Crippen LogP contribution in [-0.4, -0.2) is 39.7 Å². The van der Waals surface area contributed by atoms with Gasteiger partial charge in [0.25, 0.3) is 0 Å². The summed E-state index contributed by atoms with van der Waals surface area (Å²) in [4.78, 5) is 9.19. The lowest BCUT2D eigenvalue weighted by Crippen LogP contribution is -2.01. The van der Waals surface area contributed by atoms with Crippen LogP contribution in [0.2, 0.25) is 0 Å². The summed E-state index contributed by atoms with van der Waals surface area (Å²) in [5.41, 5.74) is 7.14. The Bertz CT molecular complexity index is 1250. The minimum Gasteiger partial charge on any atom is -0.314 e. The SMILES string of the molecule is Cc1cc(C)c2ncn(Cc3ccc(-n4cccc4-c4nn[nH]n4)cc3)c2n1. The summed E-state index contributed by atoms with van der Waals surface area (Å²) in [6.07, 6.45) is 3.85. The number of aromatic amines is 1. The van der Waals surface area contributed by atoms with E-state index in [-0.39, 0.29) is 0 Å². The fourth-order valence-corrected chi connectivity index (χ4v) is 3.49. The van der Waals surface area contributed by atoms with E-state index in [4.69, 9.17) is 0 Å². The van der Waals surface area contributed by atoms with Crippen LogP contribution in [0.1, 0.15) is 16.8 Å². The molecule has 4 aromatic heterocycles. The van der Waals surface area contributed by atoms with Gasteiger partial charge in [0.05, 0.1) is 18.6 Å². The molecule has 0 aliphatic heterocycles. The van der Waals surface area contributed by atoms with E-state index in [0.29, 0.717) is 5.82 Å². The molecule has 1 aromatic carbocycles. The highest BCUT2D eigenvalue weighted by Gasteiger charge is 2.11. The molecule has 0 atom stereocenters. The van der Waals surface area contributed by atoms with Crippen molar-refractivity contribution in [1.29, 1.82) is 0 Å². The number of aryl methyl sites for hydroxylation is 2. The number of hydrogen-bond donors (Lipinski definition) is 1.